The van der Waals surface area contributed by atoms with E-state index >= 15 is 0 Å². The molecule has 10 heteroatoms. The number of halogens is 1. The summed E-state index contributed by atoms with van der Waals surface area (Å²) in [4.78, 5) is 17.1. The number of hydrogen-bond donors (Lipinski definition) is 2. The third-order valence-corrected chi connectivity index (χ3v) is 11.4. The zero-order valence-corrected chi connectivity index (χ0v) is 28.7. The van der Waals surface area contributed by atoms with Crippen LogP contribution in [0.5, 0.6) is 5.75 Å². The Morgan fingerprint density at radius 3 is 2.32 bits per heavy atom. The maximum atomic E-state index is 6.61. The van der Waals surface area contributed by atoms with Crippen molar-refractivity contribution in [3.63, 3.8) is 0 Å². The molecule has 0 amide bonds. The molecule has 2 N–H and O–H groups in total. The Bertz CT molecular complexity index is 1480. The second-order valence-electron chi connectivity index (χ2n) is 12.9. The van der Waals surface area contributed by atoms with Gasteiger partial charge >= 0.3 is 0 Å². The molecule has 2 aromatic carbocycles. The van der Waals surface area contributed by atoms with Crippen LogP contribution in [0.3, 0.4) is 0 Å². The highest BCUT2D eigenvalue weighted by Crippen LogP contribution is 2.48. The van der Waals surface area contributed by atoms with Gasteiger partial charge in [-0.3, -0.25) is 4.90 Å². The van der Waals surface area contributed by atoms with E-state index in [1.807, 2.05) is 0 Å². The van der Waals surface area contributed by atoms with Crippen molar-refractivity contribution in [3.05, 3.63) is 52.2 Å². The largest absolute Gasteiger partial charge is 0.494 e. The number of benzene rings is 2. The summed E-state index contributed by atoms with van der Waals surface area (Å²) in [7, 11) is 3.65. The number of ether oxygens (including phenoxy) is 1. The van der Waals surface area contributed by atoms with E-state index in [2.05, 4.69) is 88.8 Å². The van der Waals surface area contributed by atoms with Gasteiger partial charge in [0.1, 0.15) is 10.8 Å². The van der Waals surface area contributed by atoms with E-state index in [4.69, 9.17) is 21.3 Å². The number of nitrogens with one attached hydrogen (secondary N) is 2. The molecule has 2 aliphatic heterocycles. The number of hydrogen-bond acceptors (Lipinski definition) is 8. The summed E-state index contributed by atoms with van der Waals surface area (Å²) in [6.07, 6.45) is 6.55. The normalized spacial score (nSPS) is 18.6. The average molecular weight is 636 g/mol. The summed E-state index contributed by atoms with van der Waals surface area (Å²) in [5.41, 5.74) is 7.26. The van der Waals surface area contributed by atoms with E-state index in [9.17, 15) is 0 Å². The van der Waals surface area contributed by atoms with Crippen molar-refractivity contribution in [2.75, 3.05) is 82.3 Å². The molecular weight excluding hydrogens is 589 g/mol. The van der Waals surface area contributed by atoms with Gasteiger partial charge in [-0.05, 0) is 94.6 Å². The number of aryl methyl sites for hydroxylation is 1. The molecule has 3 fully saturated rings. The minimum absolute atomic E-state index is 0.323. The molecule has 3 heterocycles. The number of rotatable bonds is 9. The van der Waals surface area contributed by atoms with Crippen LogP contribution in [0.2, 0.25) is 5.02 Å². The SMILES string of the molecule is COc1cc(N2CCC(N3CCN(C)CC3)CC2)c(C2CC2)cc1Nc1ncc(Cl)c(Nc2ccc(C)c(C)c2P(C)C)n1. The van der Waals surface area contributed by atoms with Gasteiger partial charge in [-0.15, -0.1) is 0 Å². The van der Waals surface area contributed by atoms with Crippen LogP contribution in [0.4, 0.5) is 28.8 Å². The van der Waals surface area contributed by atoms with E-state index in [0.29, 0.717) is 28.7 Å². The maximum absolute atomic E-state index is 6.61. The van der Waals surface area contributed by atoms with E-state index in [-0.39, 0.29) is 7.92 Å². The molecule has 0 atom stereocenters. The predicted octanol–water partition coefficient (Wildman–Crippen LogP) is 6.70. The summed E-state index contributed by atoms with van der Waals surface area (Å²) in [6.45, 7) is 15.8. The van der Waals surface area contributed by atoms with Crippen molar-refractivity contribution >= 4 is 53.7 Å². The highest BCUT2D eigenvalue weighted by molar-refractivity contribution is 7.64. The number of piperazine rings is 1. The molecule has 44 heavy (non-hydrogen) atoms. The molecule has 0 spiro atoms. The Morgan fingerprint density at radius 2 is 1.66 bits per heavy atom. The van der Waals surface area contributed by atoms with Gasteiger partial charge in [-0.2, -0.15) is 4.98 Å². The van der Waals surface area contributed by atoms with Crippen LogP contribution in [-0.4, -0.2) is 92.6 Å². The molecule has 2 saturated heterocycles. The first-order chi connectivity index (χ1) is 21.2. The molecular formula is C34H47ClN7OP. The molecule has 236 valence electrons. The van der Waals surface area contributed by atoms with Crippen molar-refractivity contribution in [3.8, 4) is 5.75 Å². The molecule has 3 aliphatic rings. The zero-order valence-electron chi connectivity index (χ0n) is 27.1. The molecule has 0 bridgehead atoms. The van der Waals surface area contributed by atoms with Gasteiger partial charge in [0, 0.05) is 68.1 Å². The molecule has 1 saturated carbocycles. The van der Waals surface area contributed by atoms with Gasteiger partial charge in [0.25, 0.3) is 0 Å². The monoisotopic (exact) mass is 635 g/mol. The van der Waals surface area contributed by atoms with E-state index in [1.54, 1.807) is 13.3 Å². The fourth-order valence-corrected chi connectivity index (χ4v) is 8.35. The minimum Gasteiger partial charge on any atom is -0.494 e. The number of likely N-dealkylation sites (N-methyl/N-ethyl adjacent to an activating group) is 1. The Morgan fingerprint density at radius 1 is 0.932 bits per heavy atom. The molecule has 1 aliphatic carbocycles. The van der Waals surface area contributed by atoms with Gasteiger partial charge < -0.3 is 25.2 Å². The number of piperidine rings is 1. The van der Waals surface area contributed by atoms with Crippen molar-refractivity contribution in [1.29, 1.82) is 0 Å². The van der Waals surface area contributed by atoms with Crippen LogP contribution < -0.4 is 25.6 Å². The highest BCUT2D eigenvalue weighted by Gasteiger charge is 2.32. The van der Waals surface area contributed by atoms with Gasteiger partial charge in [-0.25, -0.2) is 4.98 Å². The summed E-state index contributed by atoms with van der Waals surface area (Å²) >= 11 is 6.61. The molecule has 6 rings (SSSR count). The summed E-state index contributed by atoms with van der Waals surface area (Å²) in [5, 5.41) is 8.81. The second-order valence-corrected chi connectivity index (χ2v) is 15.5. The van der Waals surface area contributed by atoms with Crippen molar-refractivity contribution < 1.29 is 4.74 Å². The Kier molecular flexibility index (Phi) is 9.53. The zero-order chi connectivity index (χ0) is 31.0. The molecule has 0 radical (unpaired) electrons. The smallest absolute Gasteiger partial charge is 0.229 e. The lowest BCUT2D eigenvalue weighted by molar-refractivity contribution is 0.0982. The van der Waals surface area contributed by atoms with Crippen LogP contribution >= 0.6 is 19.5 Å². The van der Waals surface area contributed by atoms with Gasteiger partial charge in [-0.1, -0.05) is 25.6 Å². The van der Waals surface area contributed by atoms with E-state index < -0.39 is 0 Å². The van der Waals surface area contributed by atoms with Gasteiger partial charge in [0.05, 0.1) is 19.0 Å². The quantitative estimate of drug-likeness (QED) is 0.252. The third kappa shape index (κ3) is 6.79. The first kappa shape index (κ1) is 31.3. The first-order valence-corrected chi connectivity index (χ1v) is 18.6. The summed E-state index contributed by atoms with van der Waals surface area (Å²) in [5.74, 6) is 2.47. The lowest BCUT2D eigenvalue weighted by Gasteiger charge is -2.43. The van der Waals surface area contributed by atoms with E-state index in [1.165, 1.54) is 79.5 Å². The Hall–Kier alpha value is -2.64. The first-order valence-electron chi connectivity index (χ1n) is 16.0. The number of methoxy groups -OCH3 is 1. The van der Waals surface area contributed by atoms with Crippen LogP contribution in [0.15, 0.2) is 30.5 Å². The van der Waals surface area contributed by atoms with Crippen molar-refractivity contribution in [2.24, 2.45) is 0 Å². The fourth-order valence-electron chi connectivity index (χ4n) is 6.75. The van der Waals surface area contributed by atoms with Crippen LogP contribution in [0, 0.1) is 13.8 Å². The van der Waals surface area contributed by atoms with Crippen LogP contribution in [-0.2, 0) is 0 Å². The van der Waals surface area contributed by atoms with Crippen LogP contribution in [0.1, 0.15) is 48.3 Å². The van der Waals surface area contributed by atoms with Crippen molar-refractivity contribution in [2.45, 2.75) is 51.5 Å². The molecule has 8 nitrogen and oxygen atoms in total. The Balaban J connectivity index is 1.22. The third-order valence-electron chi connectivity index (χ3n) is 9.62. The lowest BCUT2D eigenvalue weighted by atomic mass is 9.99. The summed E-state index contributed by atoms with van der Waals surface area (Å²) < 4.78 is 5.95. The average Bonchev–Trinajstić information content (AvgIpc) is 3.87. The number of anilines is 5. The standard InChI is InChI=1S/C34H47ClN7OP/c1-22-7-10-28(32(23(22)2)44(5)6)37-33-27(35)21-36-34(39-33)38-29-19-26(24-8-9-24)30(20-31(29)43-4)42-13-11-25(12-14-42)41-17-15-40(3)16-18-41/h7,10,19-21,24-25H,8-9,11-18H2,1-6H3,(H2,36,37,38,39). The topological polar surface area (TPSA) is 68.8 Å². The molecule has 3 aromatic rings. The molecule has 0 unspecified atom stereocenters. The predicted molar refractivity (Wildman–Crippen MR) is 187 cm³/mol. The maximum Gasteiger partial charge on any atom is 0.229 e. The summed E-state index contributed by atoms with van der Waals surface area (Å²) in [6, 6.07) is 9.47. The van der Waals surface area contributed by atoms with E-state index in [0.717, 1.165) is 30.2 Å². The molecule has 1 aromatic heterocycles. The number of aromatic nitrogens is 2. The van der Waals surface area contributed by atoms with Gasteiger partial charge in [0.2, 0.25) is 5.95 Å². The second kappa shape index (κ2) is 13.4. The lowest BCUT2D eigenvalue weighted by Crippen LogP contribution is -2.52. The Labute approximate surface area is 269 Å². The van der Waals surface area contributed by atoms with Gasteiger partial charge in [0.15, 0.2) is 5.82 Å². The highest BCUT2D eigenvalue weighted by atomic mass is 35.5. The number of nitrogens with zero attached hydrogens (tertiary/aromatic N) is 5. The minimum atomic E-state index is -0.323. The fraction of sp³-hybridized carbons (Fsp3) is 0.529. The van der Waals surface area contributed by atoms with Crippen molar-refractivity contribution in [1.82, 2.24) is 19.8 Å². The van der Waals surface area contributed by atoms with Crippen LogP contribution in [0.25, 0.3) is 0 Å².